The van der Waals surface area contributed by atoms with Gasteiger partial charge in [0.2, 0.25) is 5.91 Å². The summed E-state index contributed by atoms with van der Waals surface area (Å²) < 4.78 is 17.0. The summed E-state index contributed by atoms with van der Waals surface area (Å²) in [5.74, 6) is 2.61. The Morgan fingerprint density at radius 1 is 1.12 bits per heavy atom. The monoisotopic (exact) mass is 439 g/mol. The number of ether oxygens (including phenoxy) is 3. The van der Waals surface area contributed by atoms with Crippen LogP contribution >= 0.6 is 0 Å². The Bertz CT molecular complexity index is 877. The Morgan fingerprint density at radius 3 is 2.47 bits per heavy atom. The van der Waals surface area contributed by atoms with Crippen molar-refractivity contribution in [2.45, 2.75) is 58.1 Å². The Morgan fingerprint density at radius 2 is 1.84 bits per heavy atom. The zero-order valence-corrected chi connectivity index (χ0v) is 20.1. The van der Waals surface area contributed by atoms with Crippen LogP contribution in [-0.4, -0.2) is 43.8 Å². The molecule has 2 aromatic carbocycles. The van der Waals surface area contributed by atoms with Gasteiger partial charge in [0.1, 0.15) is 11.5 Å². The highest BCUT2D eigenvalue weighted by Gasteiger charge is 2.35. The summed E-state index contributed by atoms with van der Waals surface area (Å²) in [6, 6.07) is 16.2. The standard InChI is InChI=1S/C27H37NO4/c1-20(29)28(19-21-10-12-23(30-4)13-11-21)16-14-24(22-15-17-32-27(2,3)18-22)25-8-6-7-9-26(25)31-5/h6-13,22,24H,14-19H2,1-5H3/t22-,24-/m1/s1. The number of benzene rings is 2. The lowest BCUT2D eigenvalue weighted by Gasteiger charge is -2.40. The molecule has 5 nitrogen and oxygen atoms in total. The minimum absolute atomic E-state index is 0.0897. The van der Waals surface area contributed by atoms with Crippen LogP contribution in [0.3, 0.4) is 0 Å². The average Bonchev–Trinajstić information content (AvgIpc) is 2.78. The molecule has 0 aromatic heterocycles. The fraction of sp³-hybridized carbons (Fsp3) is 0.519. The Balaban J connectivity index is 1.80. The molecular formula is C27H37NO4. The highest BCUT2D eigenvalue weighted by atomic mass is 16.5. The van der Waals surface area contributed by atoms with E-state index < -0.39 is 0 Å². The maximum Gasteiger partial charge on any atom is 0.219 e. The molecule has 1 aliphatic heterocycles. The molecule has 1 fully saturated rings. The van der Waals surface area contributed by atoms with Crippen LogP contribution in [0.25, 0.3) is 0 Å². The van der Waals surface area contributed by atoms with Crippen molar-refractivity contribution in [1.29, 1.82) is 0 Å². The van der Waals surface area contributed by atoms with Crippen LogP contribution in [0.5, 0.6) is 11.5 Å². The lowest BCUT2D eigenvalue weighted by atomic mass is 9.75. The molecule has 2 aromatic rings. The first kappa shape index (κ1) is 24.1. The Kier molecular flexibility index (Phi) is 8.19. The van der Waals surface area contributed by atoms with Crippen molar-refractivity contribution in [1.82, 2.24) is 4.90 Å². The van der Waals surface area contributed by atoms with Gasteiger partial charge >= 0.3 is 0 Å². The van der Waals surface area contributed by atoms with Crippen molar-refractivity contribution in [2.24, 2.45) is 5.92 Å². The summed E-state index contributed by atoms with van der Waals surface area (Å²) in [6.07, 6.45) is 2.90. The van der Waals surface area contributed by atoms with E-state index in [0.717, 1.165) is 42.9 Å². The average molecular weight is 440 g/mol. The van der Waals surface area contributed by atoms with Crippen LogP contribution in [0.2, 0.25) is 0 Å². The molecule has 0 saturated carbocycles. The lowest BCUT2D eigenvalue weighted by Crippen LogP contribution is -2.37. The molecule has 1 amide bonds. The van der Waals surface area contributed by atoms with Crippen molar-refractivity contribution >= 4 is 5.91 Å². The van der Waals surface area contributed by atoms with Gasteiger partial charge in [0.25, 0.3) is 0 Å². The molecule has 0 bridgehead atoms. The van der Waals surface area contributed by atoms with Crippen molar-refractivity contribution in [2.75, 3.05) is 27.4 Å². The molecular weight excluding hydrogens is 402 g/mol. The van der Waals surface area contributed by atoms with Gasteiger partial charge in [0.05, 0.1) is 19.8 Å². The highest BCUT2D eigenvalue weighted by molar-refractivity contribution is 5.73. The number of rotatable bonds is 9. The zero-order chi connectivity index (χ0) is 23.1. The van der Waals surface area contributed by atoms with E-state index in [9.17, 15) is 4.79 Å². The Hall–Kier alpha value is -2.53. The highest BCUT2D eigenvalue weighted by Crippen LogP contribution is 2.42. The van der Waals surface area contributed by atoms with Gasteiger partial charge in [-0.25, -0.2) is 0 Å². The molecule has 1 saturated heterocycles. The normalized spacial score (nSPS) is 18.6. The van der Waals surface area contributed by atoms with E-state index >= 15 is 0 Å². The van der Waals surface area contributed by atoms with Gasteiger partial charge in [-0.15, -0.1) is 0 Å². The van der Waals surface area contributed by atoms with Crippen LogP contribution in [0.4, 0.5) is 0 Å². The number of hydrogen-bond acceptors (Lipinski definition) is 4. The van der Waals surface area contributed by atoms with Crippen LogP contribution in [0, 0.1) is 5.92 Å². The fourth-order valence-electron chi connectivity index (χ4n) is 4.83. The fourth-order valence-corrected chi connectivity index (χ4v) is 4.83. The number of methoxy groups -OCH3 is 2. The van der Waals surface area contributed by atoms with E-state index in [2.05, 4.69) is 26.0 Å². The second-order valence-electron chi connectivity index (χ2n) is 9.29. The van der Waals surface area contributed by atoms with E-state index in [4.69, 9.17) is 14.2 Å². The third-order valence-corrected chi connectivity index (χ3v) is 6.53. The van der Waals surface area contributed by atoms with Gasteiger partial charge < -0.3 is 19.1 Å². The van der Waals surface area contributed by atoms with Crippen molar-refractivity contribution in [3.8, 4) is 11.5 Å². The number of para-hydroxylation sites is 1. The molecule has 1 aliphatic rings. The smallest absolute Gasteiger partial charge is 0.219 e. The van der Waals surface area contributed by atoms with E-state index in [1.54, 1.807) is 21.1 Å². The predicted molar refractivity (Wildman–Crippen MR) is 127 cm³/mol. The Labute approximate surface area is 192 Å². The third-order valence-electron chi connectivity index (χ3n) is 6.53. The molecule has 0 N–H and O–H groups in total. The molecule has 2 atom stereocenters. The number of carbonyl (C=O) groups excluding carboxylic acids is 1. The molecule has 0 radical (unpaired) electrons. The van der Waals surface area contributed by atoms with Gasteiger partial charge in [-0.05, 0) is 74.3 Å². The number of carbonyl (C=O) groups is 1. The van der Waals surface area contributed by atoms with Crippen molar-refractivity contribution in [3.05, 3.63) is 59.7 Å². The third kappa shape index (κ3) is 6.26. The summed E-state index contributed by atoms with van der Waals surface area (Å²) in [7, 11) is 3.39. The van der Waals surface area contributed by atoms with Crippen molar-refractivity contribution in [3.63, 3.8) is 0 Å². The summed E-state index contributed by atoms with van der Waals surface area (Å²) >= 11 is 0. The molecule has 0 unspecified atom stereocenters. The maximum atomic E-state index is 12.5. The second-order valence-corrected chi connectivity index (χ2v) is 9.29. The van der Waals surface area contributed by atoms with Gasteiger partial charge in [0, 0.05) is 26.6 Å². The number of nitrogens with zero attached hydrogens (tertiary/aromatic N) is 1. The zero-order valence-electron chi connectivity index (χ0n) is 20.1. The minimum Gasteiger partial charge on any atom is -0.497 e. The van der Waals surface area contributed by atoms with Gasteiger partial charge in [-0.1, -0.05) is 30.3 Å². The number of hydrogen-bond donors (Lipinski definition) is 0. The second kappa shape index (κ2) is 10.9. The number of amides is 1. The molecule has 174 valence electrons. The molecule has 32 heavy (non-hydrogen) atoms. The first-order chi connectivity index (χ1) is 15.3. The van der Waals surface area contributed by atoms with E-state index in [1.807, 2.05) is 41.3 Å². The lowest BCUT2D eigenvalue weighted by molar-refractivity contribution is -0.129. The first-order valence-electron chi connectivity index (χ1n) is 11.5. The van der Waals surface area contributed by atoms with Crippen LogP contribution < -0.4 is 9.47 Å². The largest absolute Gasteiger partial charge is 0.497 e. The minimum atomic E-state index is -0.132. The van der Waals surface area contributed by atoms with Crippen LogP contribution in [-0.2, 0) is 16.1 Å². The molecule has 3 rings (SSSR count). The topological polar surface area (TPSA) is 48.0 Å². The van der Waals surface area contributed by atoms with E-state index in [0.29, 0.717) is 24.9 Å². The van der Waals surface area contributed by atoms with Crippen LogP contribution in [0.15, 0.2) is 48.5 Å². The molecule has 5 heteroatoms. The first-order valence-corrected chi connectivity index (χ1v) is 11.5. The predicted octanol–water partition coefficient (Wildman–Crippen LogP) is 5.43. The summed E-state index contributed by atoms with van der Waals surface area (Å²) in [5, 5.41) is 0. The summed E-state index contributed by atoms with van der Waals surface area (Å²) in [5.41, 5.74) is 2.19. The van der Waals surface area contributed by atoms with E-state index in [-0.39, 0.29) is 11.5 Å². The molecule has 0 spiro atoms. The summed E-state index contributed by atoms with van der Waals surface area (Å²) in [4.78, 5) is 14.4. The van der Waals surface area contributed by atoms with Gasteiger partial charge in [0.15, 0.2) is 0 Å². The SMILES string of the molecule is COc1ccc(CN(CC[C@@H](c2ccccc2OC)[C@@H]2CCOC(C)(C)C2)C(C)=O)cc1. The quantitative estimate of drug-likeness (QED) is 0.523. The summed E-state index contributed by atoms with van der Waals surface area (Å²) in [6.45, 7) is 8.05. The van der Waals surface area contributed by atoms with Gasteiger partial charge in [-0.3, -0.25) is 4.79 Å². The van der Waals surface area contributed by atoms with E-state index in [1.165, 1.54) is 5.56 Å². The van der Waals surface area contributed by atoms with Crippen molar-refractivity contribution < 1.29 is 19.0 Å². The maximum absolute atomic E-state index is 12.5. The molecule has 0 aliphatic carbocycles. The van der Waals surface area contributed by atoms with Crippen LogP contribution in [0.1, 0.15) is 57.1 Å². The van der Waals surface area contributed by atoms with Gasteiger partial charge in [-0.2, -0.15) is 0 Å². The molecule has 1 heterocycles.